The Morgan fingerprint density at radius 3 is 2.81 bits per heavy atom. The molecule has 0 radical (unpaired) electrons. The van der Waals surface area contributed by atoms with Crippen LogP contribution in [0.15, 0.2) is 18.3 Å². The molecule has 1 aromatic rings. The number of aliphatic hydroxyl groups excluding tert-OH is 1. The zero-order valence-corrected chi connectivity index (χ0v) is 12.9. The molecule has 0 aliphatic carbocycles. The first-order chi connectivity index (χ1) is 10.1. The van der Waals surface area contributed by atoms with E-state index < -0.39 is 6.10 Å². The highest BCUT2D eigenvalue weighted by Crippen LogP contribution is 2.21. The molecule has 116 valence electrons. The van der Waals surface area contributed by atoms with Crippen molar-refractivity contribution in [1.29, 1.82) is 0 Å². The van der Waals surface area contributed by atoms with Gasteiger partial charge < -0.3 is 15.3 Å². The first-order valence-electron chi connectivity index (χ1n) is 7.74. The Bertz CT molecular complexity index is 470. The topological polar surface area (TPSA) is 65.5 Å². The lowest BCUT2D eigenvalue weighted by Crippen LogP contribution is -2.34. The van der Waals surface area contributed by atoms with Crippen LogP contribution in [0.4, 0.5) is 5.82 Å². The van der Waals surface area contributed by atoms with Gasteiger partial charge >= 0.3 is 0 Å². The van der Waals surface area contributed by atoms with Crippen molar-refractivity contribution in [1.82, 2.24) is 10.3 Å². The van der Waals surface area contributed by atoms with Crippen LogP contribution in [0, 0.1) is 5.92 Å². The van der Waals surface area contributed by atoms with Gasteiger partial charge in [0.1, 0.15) is 5.82 Å². The van der Waals surface area contributed by atoms with Gasteiger partial charge in [0, 0.05) is 25.8 Å². The number of carbonyl (C=O) groups is 1. The van der Waals surface area contributed by atoms with Crippen molar-refractivity contribution in [3.05, 3.63) is 23.9 Å². The third kappa shape index (κ3) is 4.43. The normalized spacial score (nSPS) is 16.3. The van der Waals surface area contributed by atoms with Crippen LogP contribution in [0.25, 0.3) is 0 Å². The van der Waals surface area contributed by atoms with E-state index in [1.807, 2.05) is 0 Å². The van der Waals surface area contributed by atoms with Gasteiger partial charge in [0.05, 0.1) is 11.7 Å². The summed E-state index contributed by atoms with van der Waals surface area (Å²) < 4.78 is 0. The minimum Gasteiger partial charge on any atom is -0.391 e. The molecule has 0 aromatic carbocycles. The van der Waals surface area contributed by atoms with Gasteiger partial charge in [-0.05, 0) is 37.3 Å². The molecule has 0 bridgehead atoms. The minimum absolute atomic E-state index is 0.159. The Morgan fingerprint density at radius 2 is 2.14 bits per heavy atom. The Labute approximate surface area is 126 Å². The van der Waals surface area contributed by atoms with E-state index in [1.165, 1.54) is 0 Å². The van der Waals surface area contributed by atoms with Crippen LogP contribution in [0.5, 0.6) is 0 Å². The number of hydrogen-bond donors (Lipinski definition) is 2. The van der Waals surface area contributed by atoms with E-state index in [4.69, 9.17) is 0 Å². The zero-order valence-electron chi connectivity index (χ0n) is 12.9. The second-order valence-corrected chi connectivity index (χ2v) is 6.06. The fourth-order valence-corrected chi connectivity index (χ4v) is 2.69. The van der Waals surface area contributed by atoms with Gasteiger partial charge in [-0.3, -0.25) is 4.79 Å². The monoisotopic (exact) mass is 291 g/mol. The molecule has 0 saturated carbocycles. The largest absolute Gasteiger partial charge is 0.391 e. The molecule has 1 aliphatic rings. The highest BCUT2D eigenvalue weighted by atomic mass is 16.3. The SMILES string of the molecule is CC(C)CC(O)CNC(=O)c1cccnc1N1CCCC1. The van der Waals surface area contributed by atoms with Crippen molar-refractivity contribution >= 4 is 11.7 Å². The summed E-state index contributed by atoms with van der Waals surface area (Å²) in [4.78, 5) is 18.8. The van der Waals surface area contributed by atoms with Crippen LogP contribution in [-0.2, 0) is 0 Å². The average molecular weight is 291 g/mol. The van der Waals surface area contributed by atoms with E-state index in [1.54, 1.807) is 18.3 Å². The molecule has 1 aliphatic heterocycles. The van der Waals surface area contributed by atoms with Gasteiger partial charge in [0.25, 0.3) is 5.91 Å². The van der Waals surface area contributed by atoms with Gasteiger partial charge in [-0.15, -0.1) is 0 Å². The zero-order chi connectivity index (χ0) is 15.2. The quantitative estimate of drug-likeness (QED) is 0.839. The van der Waals surface area contributed by atoms with Gasteiger partial charge in [0.15, 0.2) is 0 Å². The second kappa shape index (κ2) is 7.41. The lowest BCUT2D eigenvalue weighted by molar-refractivity contribution is 0.0900. The number of pyridine rings is 1. The number of hydrogen-bond acceptors (Lipinski definition) is 4. The maximum atomic E-state index is 12.3. The molecule has 1 unspecified atom stereocenters. The van der Waals surface area contributed by atoms with E-state index in [0.29, 0.717) is 17.9 Å². The fraction of sp³-hybridized carbons (Fsp3) is 0.625. The lowest BCUT2D eigenvalue weighted by Gasteiger charge is -2.20. The summed E-state index contributed by atoms with van der Waals surface area (Å²) >= 11 is 0. The highest BCUT2D eigenvalue weighted by molar-refractivity contribution is 5.98. The smallest absolute Gasteiger partial charge is 0.255 e. The molecule has 1 amide bonds. The van der Waals surface area contributed by atoms with Crippen LogP contribution in [0.1, 0.15) is 43.5 Å². The summed E-state index contributed by atoms with van der Waals surface area (Å²) in [6.07, 6.45) is 4.20. The number of carbonyl (C=O) groups excluding carboxylic acids is 1. The van der Waals surface area contributed by atoms with Crippen LogP contribution in [-0.4, -0.2) is 41.7 Å². The lowest BCUT2D eigenvalue weighted by atomic mass is 10.1. The molecule has 0 spiro atoms. The summed E-state index contributed by atoms with van der Waals surface area (Å²) in [5.41, 5.74) is 0.594. The highest BCUT2D eigenvalue weighted by Gasteiger charge is 2.20. The first-order valence-corrected chi connectivity index (χ1v) is 7.74. The van der Waals surface area contributed by atoms with Crippen LogP contribution >= 0.6 is 0 Å². The number of aromatic nitrogens is 1. The fourth-order valence-electron chi connectivity index (χ4n) is 2.69. The van der Waals surface area contributed by atoms with Crippen LogP contribution < -0.4 is 10.2 Å². The van der Waals surface area contributed by atoms with Crippen molar-refractivity contribution in [2.24, 2.45) is 5.92 Å². The molecule has 5 heteroatoms. The van der Waals surface area contributed by atoms with Gasteiger partial charge in [0.2, 0.25) is 0 Å². The minimum atomic E-state index is -0.499. The number of amides is 1. The van der Waals surface area contributed by atoms with Gasteiger partial charge in [-0.1, -0.05) is 13.8 Å². The molecule has 1 atom stereocenters. The summed E-state index contributed by atoms with van der Waals surface area (Å²) in [5.74, 6) is 1.01. The average Bonchev–Trinajstić information content (AvgIpc) is 2.98. The van der Waals surface area contributed by atoms with Crippen molar-refractivity contribution in [3.8, 4) is 0 Å². The standard InChI is InChI=1S/C16H25N3O2/c1-12(2)10-13(20)11-18-16(21)14-6-5-7-17-15(14)19-8-3-4-9-19/h5-7,12-13,20H,3-4,8-11H2,1-2H3,(H,18,21). The van der Waals surface area contributed by atoms with Gasteiger partial charge in [-0.2, -0.15) is 0 Å². The van der Waals surface area contributed by atoms with Crippen molar-refractivity contribution in [2.45, 2.75) is 39.2 Å². The third-order valence-electron chi connectivity index (χ3n) is 3.68. The summed E-state index contributed by atoms with van der Waals surface area (Å²) in [6.45, 7) is 6.29. The maximum Gasteiger partial charge on any atom is 0.255 e. The van der Waals surface area contributed by atoms with Crippen LogP contribution in [0.3, 0.4) is 0 Å². The molecule has 21 heavy (non-hydrogen) atoms. The Kier molecular flexibility index (Phi) is 5.56. The van der Waals surface area contributed by atoms with E-state index >= 15 is 0 Å². The molecule has 5 nitrogen and oxygen atoms in total. The summed E-state index contributed by atoms with van der Waals surface area (Å²) in [7, 11) is 0. The predicted octanol–water partition coefficient (Wildman–Crippen LogP) is 1.82. The summed E-state index contributed by atoms with van der Waals surface area (Å²) in [5, 5.41) is 12.7. The summed E-state index contributed by atoms with van der Waals surface area (Å²) in [6, 6.07) is 3.57. The number of nitrogens with one attached hydrogen (secondary N) is 1. The Hall–Kier alpha value is -1.62. The number of rotatable bonds is 6. The number of anilines is 1. The predicted molar refractivity (Wildman–Crippen MR) is 83.5 cm³/mol. The number of nitrogens with zero attached hydrogens (tertiary/aromatic N) is 2. The molecule has 1 saturated heterocycles. The molecule has 2 N–H and O–H groups in total. The molecule has 2 rings (SSSR count). The Balaban J connectivity index is 1.99. The maximum absolute atomic E-state index is 12.3. The van der Waals surface area contributed by atoms with E-state index in [2.05, 4.69) is 29.0 Å². The molecule has 1 fully saturated rings. The molecule has 1 aromatic heterocycles. The molecular formula is C16H25N3O2. The van der Waals surface area contributed by atoms with Crippen molar-refractivity contribution in [2.75, 3.05) is 24.5 Å². The van der Waals surface area contributed by atoms with Crippen molar-refractivity contribution < 1.29 is 9.90 Å². The Morgan fingerprint density at radius 1 is 1.43 bits per heavy atom. The van der Waals surface area contributed by atoms with E-state index in [9.17, 15) is 9.90 Å². The second-order valence-electron chi connectivity index (χ2n) is 6.06. The van der Waals surface area contributed by atoms with Crippen molar-refractivity contribution in [3.63, 3.8) is 0 Å². The van der Waals surface area contributed by atoms with Crippen LogP contribution in [0.2, 0.25) is 0 Å². The van der Waals surface area contributed by atoms with E-state index in [0.717, 1.165) is 31.7 Å². The third-order valence-corrected chi connectivity index (χ3v) is 3.68. The number of aliphatic hydroxyl groups is 1. The van der Waals surface area contributed by atoms with Gasteiger partial charge in [-0.25, -0.2) is 4.98 Å². The molecular weight excluding hydrogens is 266 g/mol. The van der Waals surface area contributed by atoms with E-state index in [-0.39, 0.29) is 12.5 Å². The first kappa shape index (κ1) is 15.8. The molecule has 2 heterocycles.